The second-order valence-corrected chi connectivity index (χ2v) is 3.03. The molecule has 2 aromatic rings. The average Bonchev–Trinajstić information content (AvgIpc) is 2.28. The number of aromatic nitrogens is 2. The molecule has 0 aliphatic carbocycles. The molecule has 6 heteroatoms. The molecule has 0 amide bonds. The maximum Gasteiger partial charge on any atom is 0.264 e. The molecule has 16 heavy (non-hydrogen) atoms. The zero-order valence-corrected chi connectivity index (χ0v) is 8.00. The molecule has 0 fully saturated rings. The van der Waals surface area contributed by atoms with Gasteiger partial charge in [-0.2, -0.15) is 5.10 Å². The first-order valence-electron chi connectivity index (χ1n) is 4.43. The molecular weight excluding hydrogens is 216 g/mol. The van der Waals surface area contributed by atoms with E-state index < -0.39 is 11.6 Å². The van der Waals surface area contributed by atoms with Crippen LogP contribution in [0.5, 0.6) is 0 Å². The Labute approximate surface area is 88.9 Å². The van der Waals surface area contributed by atoms with E-state index in [2.05, 4.69) is 15.5 Å². The Bertz CT molecular complexity index is 548. The predicted molar refractivity (Wildman–Crippen MR) is 54.5 cm³/mol. The van der Waals surface area contributed by atoms with Crippen LogP contribution in [0.25, 0.3) is 0 Å². The molecule has 0 atom stereocenters. The molecule has 0 aliphatic heterocycles. The highest BCUT2D eigenvalue weighted by Crippen LogP contribution is 2.19. The maximum atomic E-state index is 13.2. The Balaban J connectivity index is 2.30. The summed E-state index contributed by atoms with van der Waals surface area (Å²) < 4.78 is 26.1. The zero-order chi connectivity index (χ0) is 11.5. The third-order valence-electron chi connectivity index (χ3n) is 1.89. The standard InChI is InChI=1S/C10H7F2N3O/c11-6-2-1-3-7(10(6)12)13-8-4-5-9(16)15-14-8/h1-5H,(H,13,14)(H,15,16). The summed E-state index contributed by atoms with van der Waals surface area (Å²) in [5.41, 5.74) is -0.412. The first-order valence-corrected chi connectivity index (χ1v) is 4.43. The molecule has 4 nitrogen and oxygen atoms in total. The normalized spacial score (nSPS) is 10.1. The second kappa shape index (κ2) is 4.09. The summed E-state index contributed by atoms with van der Waals surface area (Å²) in [5.74, 6) is -1.71. The molecule has 0 saturated carbocycles. The number of halogens is 2. The number of H-pyrrole nitrogens is 1. The van der Waals surface area contributed by atoms with Crippen molar-refractivity contribution in [3.05, 3.63) is 52.3 Å². The van der Waals surface area contributed by atoms with Crippen molar-refractivity contribution in [1.82, 2.24) is 10.2 Å². The van der Waals surface area contributed by atoms with Gasteiger partial charge in [0.1, 0.15) is 0 Å². The molecule has 1 heterocycles. The lowest BCUT2D eigenvalue weighted by atomic mass is 10.3. The van der Waals surface area contributed by atoms with Gasteiger partial charge in [0.05, 0.1) is 5.69 Å². The number of nitrogens with one attached hydrogen (secondary N) is 2. The van der Waals surface area contributed by atoms with Crippen molar-refractivity contribution in [3.8, 4) is 0 Å². The SMILES string of the molecule is O=c1ccc(Nc2cccc(F)c2F)n[nH]1. The van der Waals surface area contributed by atoms with Crippen LogP contribution in [0.1, 0.15) is 0 Å². The van der Waals surface area contributed by atoms with E-state index in [1.54, 1.807) is 0 Å². The van der Waals surface area contributed by atoms with Crippen molar-refractivity contribution in [1.29, 1.82) is 0 Å². The number of rotatable bonds is 2. The van der Waals surface area contributed by atoms with Crippen LogP contribution in [0.15, 0.2) is 35.1 Å². The third-order valence-corrected chi connectivity index (χ3v) is 1.89. The fourth-order valence-corrected chi connectivity index (χ4v) is 1.15. The van der Waals surface area contributed by atoms with E-state index >= 15 is 0 Å². The van der Waals surface area contributed by atoms with Crippen LogP contribution in [0, 0.1) is 11.6 Å². The van der Waals surface area contributed by atoms with E-state index in [1.807, 2.05) is 0 Å². The van der Waals surface area contributed by atoms with Gasteiger partial charge in [0, 0.05) is 6.07 Å². The molecule has 2 rings (SSSR count). The van der Waals surface area contributed by atoms with Crippen molar-refractivity contribution in [3.63, 3.8) is 0 Å². The number of hydrogen-bond acceptors (Lipinski definition) is 3. The summed E-state index contributed by atoms with van der Waals surface area (Å²) in [6.07, 6.45) is 0. The van der Waals surface area contributed by atoms with E-state index in [1.165, 1.54) is 24.3 Å². The lowest BCUT2D eigenvalue weighted by Gasteiger charge is -2.05. The summed E-state index contributed by atoms with van der Waals surface area (Å²) in [4.78, 5) is 10.7. The van der Waals surface area contributed by atoms with Crippen molar-refractivity contribution in [2.24, 2.45) is 0 Å². The quantitative estimate of drug-likeness (QED) is 0.816. The van der Waals surface area contributed by atoms with Gasteiger partial charge < -0.3 is 5.32 Å². The van der Waals surface area contributed by atoms with Gasteiger partial charge in [-0.05, 0) is 18.2 Å². The summed E-state index contributed by atoms with van der Waals surface area (Å²) in [5, 5.41) is 8.32. The average molecular weight is 223 g/mol. The highest BCUT2D eigenvalue weighted by Gasteiger charge is 2.07. The maximum absolute atomic E-state index is 13.2. The minimum Gasteiger partial charge on any atom is -0.336 e. The summed E-state index contributed by atoms with van der Waals surface area (Å²) in [6, 6.07) is 6.34. The first-order chi connectivity index (χ1) is 7.66. The molecule has 0 aliphatic rings. The van der Waals surface area contributed by atoms with Gasteiger partial charge in [0.25, 0.3) is 5.56 Å². The van der Waals surface area contributed by atoms with Gasteiger partial charge in [0.2, 0.25) is 0 Å². The van der Waals surface area contributed by atoms with Gasteiger partial charge in [-0.15, -0.1) is 0 Å². The van der Waals surface area contributed by atoms with Gasteiger partial charge in [-0.1, -0.05) is 6.07 Å². The van der Waals surface area contributed by atoms with Crippen molar-refractivity contribution in [2.75, 3.05) is 5.32 Å². The molecule has 0 bridgehead atoms. The molecule has 1 aromatic heterocycles. The third kappa shape index (κ3) is 2.05. The Kier molecular flexibility index (Phi) is 2.63. The first kappa shape index (κ1) is 10.3. The zero-order valence-electron chi connectivity index (χ0n) is 8.00. The van der Waals surface area contributed by atoms with Crippen LogP contribution in [0.2, 0.25) is 0 Å². The van der Waals surface area contributed by atoms with E-state index in [9.17, 15) is 13.6 Å². The molecule has 82 valence electrons. The summed E-state index contributed by atoms with van der Waals surface area (Å²) in [6.45, 7) is 0. The van der Waals surface area contributed by atoms with Crippen LogP contribution in [0.3, 0.4) is 0 Å². The highest BCUT2D eigenvalue weighted by atomic mass is 19.2. The summed E-state index contributed by atoms with van der Waals surface area (Å²) in [7, 11) is 0. The Hall–Kier alpha value is -2.24. The van der Waals surface area contributed by atoms with E-state index in [4.69, 9.17) is 0 Å². The minimum absolute atomic E-state index is 0.0421. The molecule has 2 N–H and O–H groups in total. The highest BCUT2D eigenvalue weighted by molar-refractivity contribution is 5.56. The van der Waals surface area contributed by atoms with Crippen molar-refractivity contribution >= 4 is 11.5 Å². The van der Waals surface area contributed by atoms with Gasteiger partial charge >= 0.3 is 0 Å². The number of benzene rings is 1. The number of nitrogens with zero attached hydrogens (tertiary/aromatic N) is 1. The van der Waals surface area contributed by atoms with E-state index in [0.717, 1.165) is 6.07 Å². The van der Waals surface area contributed by atoms with Crippen molar-refractivity contribution in [2.45, 2.75) is 0 Å². The van der Waals surface area contributed by atoms with E-state index in [-0.39, 0.29) is 17.1 Å². The fourth-order valence-electron chi connectivity index (χ4n) is 1.15. The molecule has 0 spiro atoms. The van der Waals surface area contributed by atoms with Crippen LogP contribution in [-0.2, 0) is 0 Å². The lowest BCUT2D eigenvalue weighted by Crippen LogP contribution is -2.07. The molecule has 0 saturated heterocycles. The van der Waals surface area contributed by atoms with Crippen LogP contribution >= 0.6 is 0 Å². The topological polar surface area (TPSA) is 57.8 Å². The van der Waals surface area contributed by atoms with E-state index in [0.29, 0.717) is 0 Å². The van der Waals surface area contributed by atoms with Crippen LogP contribution < -0.4 is 10.9 Å². The largest absolute Gasteiger partial charge is 0.336 e. The fraction of sp³-hybridized carbons (Fsp3) is 0. The lowest BCUT2D eigenvalue weighted by molar-refractivity contribution is 0.511. The van der Waals surface area contributed by atoms with Gasteiger partial charge in [-0.25, -0.2) is 13.9 Å². The van der Waals surface area contributed by atoms with Gasteiger partial charge in [0.15, 0.2) is 17.5 Å². The molecule has 0 unspecified atom stereocenters. The minimum atomic E-state index is -0.990. The predicted octanol–water partition coefficient (Wildman–Crippen LogP) is 1.79. The number of hydrogen-bond donors (Lipinski definition) is 2. The van der Waals surface area contributed by atoms with Gasteiger partial charge in [-0.3, -0.25) is 4.79 Å². The monoisotopic (exact) mass is 223 g/mol. The molecular formula is C10H7F2N3O. The Morgan fingerprint density at radius 1 is 1.19 bits per heavy atom. The smallest absolute Gasteiger partial charge is 0.264 e. The second-order valence-electron chi connectivity index (χ2n) is 3.03. The molecule has 0 radical (unpaired) electrons. The Morgan fingerprint density at radius 3 is 2.69 bits per heavy atom. The van der Waals surface area contributed by atoms with Crippen LogP contribution in [-0.4, -0.2) is 10.2 Å². The molecule has 1 aromatic carbocycles. The number of aromatic amines is 1. The summed E-state index contributed by atoms with van der Waals surface area (Å²) >= 11 is 0. The Morgan fingerprint density at radius 2 is 2.00 bits per heavy atom. The van der Waals surface area contributed by atoms with Crippen LogP contribution in [0.4, 0.5) is 20.3 Å². The number of anilines is 2. The van der Waals surface area contributed by atoms with Crippen molar-refractivity contribution < 1.29 is 8.78 Å².